The molecule has 0 saturated heterocycles. The number of fused-ring (bicyclic) bond motifs is 1. The van der Waals surface area contributed by atoms with Gasteiger partial charge < -0.3 is 10.1 Å². The Morgan fingerprint density at radius 1 is 1.00 bits per heavy atom. The molecule has 4 heteroatoms. The van der Waals surface area contributed by atoms with Gasteiger partial charge in [-0.1, -0.05) is 54.6 Å². The van der Waals surface area contributed by atoms with Gasteiger partial charge in [-0.15, -0.1) is 0 Å². The van der Waals surface area contributed by atoms with E-state index in [4.69, 9.17) is 0 Å². The summed E-state index contributed by atoms with van der Waals surface area (Å²) in [6, 6.07) is 21.8. The van der Waals surface area contributed by atoms with Gasteiger partial charge in [0, 0.05) is 25.1 Å². The molecule has 0 spiro atoms. The highest BCUT2D eigenvalue weighted by atomic mass is 16.5. The largest absolute Gasteiger partial charge is 0.619 e. The van der Waals surface area contributed by atoms with Crippen molar-refractivity contribution in [2.24, 2.45) is 0 Å². The maximum atomic E-state index is 12.9. The van der Waals surface area contributed by atoms with E-state index in [2.05, 4.69) is 24.3 Å². The molecule has 0 bridgehead atoms. The summed E-state index contributed by atoms with van der Waals surface area (Å²) in [4.78, 5) is 14.7. The molecule has 1 aliphatic heterocycles. The van der Waals surface area contributed by atoms with E-state index in [0.717, 1.165) is 5.56 Å². The van der Waals surface area contributed by atoms with Gasteiger partial charge in [-0.05, 0) is 22.8 Å². The molecule has 1 aliphatic rings. The van der Waals surface area contributed by atoms with Crippen molar-refractivity contribution in [1.29, 1.82) is 0 Å². The van der Waals surface area contributed by atoms with E-state index in [1.54, 1.807) is 12.1 Å². The van der Waals surface area contributed by atoms with E-state index in [1.165, 1.54) is 23.5 Å². The number of benzene rings is 2. The van der Waals surface area contributed by atoms with Gasteiger partial charge in [0.05, 0.1) is 0 Å². The van der Waals surface area contributed by atoms with Crippen LogP contribution in [0.5, 0.6) is 0 Å². The predicted molar refractivity (Wildman–Crippen MR) is 94.9 cm³/mol. The van der Waals surface area contributed by atoms with Crippen molar-refractivity contribution in [1.82, 2.24) is 4.90 Å². The zero-order valence-electron chi connectivity index (χ0n) is 13.7. The van der Waals surface area contributed by atoms with E-state index in [-0.39, 0.29) is 11.8 Å². The first kappa shape index (κ1) is 15.4. The molecule has 2 heterocycles. The molecule has 1 unspecified atom stereocenters. The molecule has 1 amide bonds. The van der Waals surface area contributed by atoms with Crippen molar-refractivity contribution < 1.29 is 9.52 Å². The molecule has 0 radical (unpaired) electrons. The first-order chi connectivity index (χ1) is 12.2. The highest BCUT2D eigenvalue weighted by Crippen LogP contribution is 2.33. The minimum absolute atomic E-state index is 0.111. The lowest BCUT2D eigenvalue weighted by Crippen LogP contribution is -2.39. The quantitative estimate of drug-likeness (QED) is 0.535. The lowest BCUT2D eigenvalue weighted by molar-refractivity contribution is -0.605. The highest BCUT2D eigenvalue weighted by molar-refractivity contribution is 5.93. The van der Waals surface area contributed by atoms with Gasteiger partial charge in [-0.2, -0.15) is 4.73 Å². The van der Waals surface area contributed by atoms with Crippen LogP contribution in [-0.4, -0.2) is 17.4 Å². The minimum atomic E-state index is -0.111. The molecule has 0 aliphatic carbocycles. The summed E-state index contributed by atoms with van der Waals surface area (Å²) in [5.74, 6) is 0.0267. The number of hydrogen-bond acceptors (Lipinski definition) is 2. The van der Waals surface area contributed by atoms with E-state index in [1.807, 2.05) is 35.2 Å². The second kappa shape index (κ2) is 6.40. The molecule has 4 rings (SSSR count). The number of hydrogen-bond donors (Lipinski definition) is 0. The Balaban J connectivity index is 1.71. The van der Waals surface area contributed by atoms with Crippen molar-refractivity contribution in [2.75, 3.05) is 6.54 Å². The molecule has 0 saturated carbocycles. The summed E-state index contributed by atoms with van der Waals surface area (Å²) in [6.45, 7) is 1.17. The summed E-state index contributed by atoms with van der Waals surface area (Å²) >= 11 is 0. The van der Waals surface area contributed by atoms with Crippen LogP contribution in [0.15, 0.2) is 79.1 Å². The Labute approximate surface area is 146 Å². The van der Waals surface area contributed by atoms with Crippen LogP contribution in [0, 0.1) is 5.21 Å². The summed E-state index contributed by atoms with van der Waals surface area (Å²) in [5, 5.41) is 11.5. The molecular weight excluding hydrogens is 312 g/mol. The standard InChI is InChI=1S/C21H18N2O2/c24-21(18-10-6-12-23(25)14-18)22-13-17-9-4-5-11-19(17)20(15-22)16-7-2-1-3-8-16/h1-12,14,20H,13,15H2. The van der Waals surface area contributed by atoms with Crippen LogP contribution < -0.4 is 4.73 Å². The third-order valence-corrected chi connectivity index (χ3v) is 4.71. The third kappa shape index (κ3) is 2.98. The Bertz CT molecular complexity index is 909. The summed E-state index contributed by atoms with van der Waals surface area (Å²) in [6.07, 6.45) is 2.72. The molecule has 124 valence electrons. The van der Waals surface area contributed by atoms with Crippen molar-refractivity contribution in [3.05, 3.63) is 107 Å². The number of carbonyl (C=O) groups is 1. The van der Waals surface area contributed by atoms with Crippen LogP contribution in [0.25, 0.3) is 0 Å². The van der Waals surface area contributed by atoms with Crippen molar-refractivity contribution in [2.45, 2.75) is 12.5 Å². The number of nitrogens with zero attached hydrogens (tertiary/aromatic N) is 2. The molecule has 1 aromatic heterocycles. The van der Waals surface area contributed by atoms with Crippen LogP contribution >= 0.6 is 0 Å². The molecule has 2 aromatic carbocycles. The normalized spacial score (nSPS) is 16.3. The van der Waals surface area contributed by atoms with Gasteiger partial charge >= 0.3 is 0 Å². The molecule has 3 aromatic rings. The highest BCUT2D eigenvalue weighted by Gasteiger charge is 2.30. The van der Waals surface area contributed by atoms with Crippen LogP contribution in [-0.2, 0) is 6.54 Å². The lowest BCUT2D eigenvalue weighted by Gasteiger charge is -2.35. The average Bonchev–Trinajstić information content (AvgIpc) is 2.67. The van der Waals surface area contributed by atoms with Crippen LogP contribution in [0.4, 0.5) is 0 Å². The van der Waals surface area contributed by atoms with Gasteiger partial charge in [-0.3, -0.25) is 4.79 Å². The Morgan fingerprint density at radius 2 is 1.76 bits per heavy atom. The number of pyridine rings is 1. The fraction of sp³-hybridized carbons (Fsp3) is 0.143. The van der Waals surface area contributed by atoms with Crippen LogP contribution in [0.1, 0.15) is 33.0 Å². The SMILES string of the molecule is O=C(c1ccc[n+]([O-])c1)N1Cc2ccccc2C(c2ccccc2)C1. The third-order valence-electron chi connectivity index (χ3n) is 4.71. The summed E-state index contributed by atoms with van der Waals surface area (Å²) in [7, 11) is 0. The second-order valence-electron chi connectivity index (χ2n) is 6.30. The van der Waals surface area contributed by atoms with Gasteiger partial charge in [-0.25, -0.2) is 0 Å². The van der Waals surface area contributed by atoms with Gasteiger partial charge in [0.2, 0.25) is 0 Å². The Hall–Kier alpha value is -3.14. The lowest BCUT2D eigenvalue weighted by atomic mass is 9.84. The molecule has 0 N–H and O–H groups in total. The Morgan fingerprint density at radius 3 is 2.56 bits per heavy atom. The molecule has 25 heavy (non-hydrogen) atoms. The second-order valence-corrected chi connectivity index (χ2v) is 6.30. The van der Waals surface area contributed by atoms with E-state index in [9.17, 15) is 10.0 Å². The summed E-state index contributed by atoms with van der Waals surface area (Å²) in [5.41, 5.74) is 4.04. The first-order valence-corrected chi connectivity index (χ1v) is 8.33. The van der Waals surface area contributed by atoms with E-state index in [0.29, 0.717) is 23.4 Å². The first-order valence-electron chi connectivity index (χ1n) is 8.33. The van der Waals surface area contributed by atoms with Gasteiger partial charge in [0.25, 0.3) is 5.91 Å². The fourth-order valence-corrected chi connectivity index (χ4v) is 3.50. The number of amides is 1. The number of carbonyl (C=O) groups excluding carboxylic acids is 1. The van der Waals surface area contributed by atoms with Gasteiger partial charge in [0.1, 0.15) is 5.56 Å². The zero-order chi connectivity index (χ0) is 17.2. The molecule has 0 fully saturated rings. The maximum absolute atomic E-state index is 12.9. The van der Waals surface area contributed by atoms with Gasteiger partial charge in [0.15, 0.2) is 12.4 Å². The maximum Gasteiger partial charge on any atom is 0.260 e. The molecular formula is C21H18N2O2. The number of rotatable bonds is 2. The van der Waals surface area contributed by atoms with Crippen molar-refractivity contribution >= 4 is 5.91 Å². The predicted octanol–water partition coefficient (Wildman–Crippen LogP) is 3.11. The average molecular weight is 330 g/mol. The van der Waals surface area contributed by atoms with E-state index < -0.39 is 0 Å². The molecule has 4 nitrogen and oxygen atoms in total. The monoisotopic (exact) mass is 330 g/mol. The van der Waals surface area contributed by atoms with Crippen molar-refractivity contribution in [3.8, 4) is 0 Å². The zero-order valence-corrected chi connectivity index (χ0v) is 13.7. The Kier molecular flexibility index (Phi) is 3.94. The topological polar surface area (TPSA) is 47.2 Å². The van der Waals surface area contributed by atoms with Crippen LogP contribution in [0.3, 0.4) is 0 Å². The minimum Gasteiger partial charge on any atom is -0.619 e. The van der Waals surface area contributed by atoms with E-state index >= 15 is 0 Å². The molecule has 1 atom stereocenters. The number of aromatic nitrogens is 1. The fourth-order valence-electron chi connectivity index (χ4n) is 3.50. The van der Waals surface area contributed by atoms with Crippen LogP contribution in [0.2, 0.25) is 0 Å². The summed E-state index contributed by atoms with van der Waals surface area (Å²) < 4.78 is 0.666. The van der Waals surface area contributed by atoms with Crippen molar-refractivity contribution in [3.63, 3.8) is 0 Å². The smallest absolute Gasteiger partial charge is 0.260 e.